The van der Waals surface area contributed by atoms with Crippen molar-refractivity contribution in [3.05, 3.63) is 47.3 Å². The summed E-state index contributed by atoms with van der Waals surface area (Å²) in [6.07, 6.45) is 0.711. The number of para-hydroxylation sites is 1. The number of piperazine rings is 1. The Balaban J connectivity index is 1.69. The molecule has 2 aromatic rings. The number of hydrogen-bond donors (Lipinski definition) is 0. The van der Waals surface area contributed by atoms with Gasteiger partial charge in [0.05, 0.1) is 5.69 Å². The third-order valence-electron chi connectivity index (χ3n) is 4.17. The number of aromatic nitrogens is 1. The molecule has 22 heavy (non-hydrogen) atoms. The largest absolute Gasteiger partial charge is 0.368 e. The first-order chi connectivity index (χ1) is 10.7. The molecular formula is C17H21N3O2. The molecule has 0 bridgehead atoms. The summed E-state index contributed by atoms with van der Waals surface area (Å²) < 4.78 is 5.18. The zero-order valence-corrected chi connectivity index (χ0v) is 13.1. The fourth-order valence-electron chi connectivity index (χ4n) is 2.90. The second-order valence-corrected chi connectivity index (χ2v) is 5.53. The topological polar surface area (TPSA) is 49.6 Å². The molecule has 1 aliphatic heterocycles. The number of carbonyl (C=O) groups excluding carboxylic acids is 1. The van der Waals surface area contributed by atoms with Crippen molar-refractivity contribution in [1.29, 1.82) is 0 Å². The van der Waals surface area contributed by atoms with Gasteiger partial charge in [-0.3, -0.25) is 4.79 Å². The van der Waals surface area contributed by atoms with E-state index >= 15 is 0 Å². The van der Waals surface area contributed by atoms with E-state index < -0.39 is 0 Å². The zero-order chi connectivity index (χ0) is 15.5. The van der Waals surface area contributed by atoms with Gasteiger partial charge >= 0.3 is 0 Å². The predicted octanol–water partition coefficient (Wildman–Crippen LogP) is 2.51. The van der Waals surface area contributed by atoms with Crippen LogP contribution < -0.4 is 4.90 Å². The van der Waals surface area contributed by atoms with E-state index in [1.807, 2.05) is 30.0 Å². The van der Waals surface area contributed by atoms with E-state index in [1.54, 1.807) is 6.92 Å². The summed E-state index contributed by atoms with van der Waals surface area (Å²) in [7, 11) is 0. The first-order valence-corrected chi connectivity index (χ1v) is 7.75. The van der Waals surface area contributed by atoms with Crippen molar-refractivity contribution in [2.24, 2.45) is 0 Å². The van der Waals surface area contributed by atoms with E-state index in [2.05, 4.69) is 22.2 Å². The van der Waals surface area contributed by atoms with Crippen molar-refractivity contribution in [1.82, 2.24) is 10.1 Å². The average Bonchev–Trinajstić information content (AvgIpc) is 2.96. The van der Waals surface area contributed by atoms with E-state index in [1.165, 1.54) is 5.69 Å². The molecule has 1 fully saturated rings. The summed E-state index contributed by atoms with van der Waals surface area (Å²) in [5.74, 6) is 0.663. The van der Waals surface area contributed by atoms with Gasteiger partial charge in [0.1, 0.15) is 11.3 Å². The Morgan fingerprint density at radius 1 is 1.18 bits per heavy atom. The summed E-state index contributed by atoms with van der Waals surface area (Å²) in [5, 5.41) is 3.98. The van der Waals surface area contributed by atoms with Crippen LogP contribution in [0, 0.1) is 6.92 Å². The highest BCUT2D eigenvalue weighted by molar-refractivity contribution is 5.96. The van der Waals surface area contributed by atoms with Crippen LogP contribution in [0.25, 0.3) is 0 Å². The Bertz CT molecular complexity index is 643. The molecule has 5 heteroatoms. The zero-order valence-electron chi connectivity index (χ0n) is 13.1. The Morgan fingerprint density at radius 2 is 1.86 bits per heavy atom. The molecule has 1 saturated heterocycles. The molecular weight excluding hydrogens is 278 g/mol. The van der Waals surface area contributed by atoms with E-state index in [4.69, 9.17) is 4.52 Å². The van der Waals surface area contributed by atoms with Gasteiger partial charge in [-0.25, -0.2) is 0 Å². The minimum atomic E-state index is 0.0447. The van der Waals surface area contributed by atoms with Gasteiger partial charge in [-0.05, 0) is 25.5 Å². The number of anilines is 1. The van der Waals surface area contributed by atoms with Crippen LogP contribution in [-0.2, 0) is 6.42 Å². The smallest absolute Gasteiger partial charge is 0.259 e. The standard InChI is InChI=1S/C17H21N3O2/c1-3-15-16(13(2)22-18-15)17(21)20-11-9-19(10-12-20)14-7-5-4-6-8-14/h4-8H,3,9-12H2,1-2H3. The molecule has 2 heterocycles. The molecule has 0 saturated carbocycles. The second-order valence-electron chi connectivity index (χ2n) is 5.53. The van der Waals surface area contributed by atoms with Crippen molar-refractivity contribution in [2.75, 3.05) is 31.1 Å². The summed E-state index contributed by atoms with van der Waals surface area (Å²) >= 11 is 0. The van der Waals surface area contributed by atoms with Gasteiger partial charge in [-0.2, -0.15) is 0 Å². The summed E-state index contributed by atoms with van der Waals surface area (Å²) in [4.78, 5) is 16.9. The summed E-state index contributed by atoms with van der Waals surface area (Å²) in [6, 6.07) is 10.3. The Labute approximate surface area is 130 Å². The summed E-state index contributed by atoms with van der Waals surface area (Å²) in [5.41, 5.74) is 2.62. The molecule has 0 N–H and O–H groups in total. The molecule has 0 unspecified atom stereocenters. The van der Waals surface area contributed by atoms with Gasteiger partial charge in [0.2, 0.25) is 0 Å². The third kappa shape index (κ3) is 2.71. The normalized spacial score (nSPS) is 15.2. The van der Waals surface area contributed by atoms with Crippen molar-refractivity contribution in [3.8, 4) is 0 Å². The van der Waals surface area contributed by atoms with Crippen molar-refractivity contribution in [3.63, 3.8) is 0 Å². The van der Waals surface area contributed by atoms with Gasteiger partial charge in [0.15, 0.2) is 0 Å². The van der Waals surface area contributed by atoms with Gasteiger partial charge in [-0.15, -0.1) is 0 Å². The molecule has 0 spiro atoms. The highest BCUT2D eigenvalue weighted by Crippen LogP contribution is 2.20. The maximum Gasteiger partial charge on any atom is 0.259 e. The first-order valence-electron chi connectivity index (χ1n) is 7.75. The van der Waals surface area contributed by atoms with Crippen molar-refractivity contribution >= 4 is 11.6 Å². The molecule has 1 aromatic carbocycles. The molecule has 1 aromatic heterocycles. The number of nitrogens with zero attached hydrogens (tertiary/aromatic N) is 3. The lowest BCUT2D eigenvalue weighted by Crippen LogP contribution is -2.49. The van der Waals surface area contributed by atoms with Gasteiger partial charge in [0.25, 0.3) is 5.91 Å². The number of amides is 1. The molecule has 116 valence electrons. The van der Waals surface area contributed by atoms with Crippen LogP contribution >= 0.6 is 0 Å². The van der Waals surface area contributed by atoms with Gasteiger partial charge < -0.3 is 14.3 Å². The van der Waals surface area contributed by atoms with Crippen LogP contribution in [-0.4, -0.2) is 42.1 Å². The second kappa shape index (κ2) is 6.22. The van der Waals surface area contributed by atoms with Crippen LogP contribution in [0.4, 0.5) is 5.69 Å². The summed E-state index contributed by atoms with van der Waals surface area (Å²) in [6.45, 7) is 6.94. The number of benzene rings is 1. The monoisotopic (exact) mass is 299 g/mol. The molecule has 0 aliphatic carbocycles. The molecule has 3 rings (SSSR count). The lowest BCUT2D eigenvalue weighted by atomic mass is 10.1. The maximum absolute atomic E-state index is 12.7. The molecule has 0 radical (unpaired) electrons. The van der Waals surface area contributed by atoms with Crippen LogP contribution in [0.2, 0.25) is 0 Å². The van der Waals surface area contributed by atoms with Crippen molar-refractivity contribution < 1.29 is 9.32 Å². The minimum absolute atomic E-state index is 0.0447. The molecule has 0 atom stereocenters. The number of aryl methyl sites for hydroxylation is 2. The highest BCUT2D eigenvalue weighted by Gasteiger charge is 2.27. The predicted molar refractivity (Wildman–Crippen MR) is 85.2 cm³/mol. The van der Waals surface area contributed by atoms with Crippen LogP contribution in [0.1, 0.15) is 28.7 Å². The van der Waals surface area contributed by atoms with E-state index in [0.29, 0.717) is 17.7 Å². The molecule has 5 nitrogen and oxygen atoms in total. The maximum atomic E-state index is 12.7. The molecule has 1 amide bonds. The van der Waals surface area contributed by atoms with E-state index in [-0.39, 0.29) is 5.91 Å². The van der Waals surface area contributed by atoms with E-state index in [9.17, 15) is 4.79 Å². The quantitative estimate of drug-likeness (QED) is 0.874. The van der Waals surface area contributed by atoms with Crippen LogP contribution in [0.5, 0.6) is 0 Å². The highest BCUT2D eigenvalue weighted by atomic mass is 16.5. The van der Waals surface area contributed by atoms with Gasteiger partial charge in [-0.1, -0.05) is 30.3 Å². The van der Waals surface area contributed by atoms with Crippen LogP contribution in [0.3, 0.4) is 0 Å². The minimum Gasteiger partial charge on any atom is -0.368 e. The fourth-order valence-corrected chi connectivity index (χ4v) is 2.90. The average molecular weight is 299 g/mol. The lowest BCUT2D eigenvalue weighted by molar-refractivity contribution is 0.0744. The lowest BCUT2D eigenvalue weighted by Gasteiger charge is -2.36. The Morgan fingerprint density at radius 3 is 2.50 bits per heavy atom. The first kappa shape index (κ1) is 14.6. The number of hydrogen-bond acceptors (Lipinski definition) is 4. The van der Waals surface area contributed by atoms with Gasteiger partial charge in [0, 0.05) is 31.9 Å². The number of carbonyl (C=O) groups is 1. The fraction of sp³-hybridized carbons (Fsp3) is 0.412. The molecule has 1 aliphatic rings. The Hall–Kier alpha value is -2.30. The Kier molecular flexibility index (Phi) is 4.13. The SMILES string of the molecule is CCc1noc(C)c1C(=O)N1CCN(c2ccccc2)CC1. The van der Waals surface area contributed by atoms with Crippen molar-refractivity contribution in [2.45, 2.75) is 20.3 Å². The van der Waals surface area contributed by atoms with E-state index in [0.717, 1.165) is 31.9 Å². The third-order valence-corrected chi connectivity index (χ3v) is 4.17. The van der Waals surface area contributed by atoms with Crippen LogP contribution in [0.15, 0.2) is 34.9 Å². The number of rotatable bonds is 3.